The number of benzene rings is 1. The summed E-state index contributed by atoms with van der Waals surface area (Å²) in [5.41, 5.74) is 2.42. The van der Waals surface area contributed by atoms with Crippen molar-refractivity contribution >= 4 is 17.6 Å². The summed E-state index contributed by atoms with van der Waals surface area (Å²) in [6.07, 6.45) is -7.00. The van der Waals surface area contributed by atoms with Gasteiger partial charge in [-0.15, -0.1) is 0 Å². The lowest BCUT2D eigenvalue weighted by molar-refractivity contribution is -0.208. The molecule has 3 rings (SSSR count). The van der Waals surface area contributed by atoms with E-state index >= 15 is 0 Å². The number of anilines is 1. The quantitative estimate of drug-likeness (QED) is 0.662. The van der Waals surface area contributed by atoms with Crippen molar-refractivity contribution in [3.05, 3.63) is 52.9 Å². The van der Waals surface area contributed by atoms with Crippen LogP contribution in [-0.2, 0) is 10.3 Å². The number of rotatable bonds is 4. The van der Waals surface area contributed by atoms with E-state index in [0.717, 1.165) is 19.2 Å². The Morgan fingerprint density at radius 1 is 1.36 bits per heavy atom. The number of nitriles is 1. The highest BCUT2D eigenvalue weighted by Gasteiger charge is 2.50. The van der Waals surface area contributed by atoms with Crippen LogP contribution in [0.15, 0.2) is 29.4 Å². The van der Waals surface area contributed by atoms with Gasteiger partial charge >= 0.3 is 6.18 Å². The molecule has 0 saturated heterocycles. The molecular weight excluding hydrogens is 453 g/mol. The SMILES string of the molecule is COc1cc(C#N)cnc1C(=O)Nc1cc(F)c(F)c(C2(C)CC(C(F)(F)F)OC(N)=N2)c1. The second kappa shape index (κ2) is 8.53. The van der Waals surface area contributed by atoms with Gasteiger partial charge in [0.15, 0.2) is 29.2 Å². The number of halogens is 5. The molecule has 13 heteroatoms. The zero-order chi connectivity index (χ0) is 24.6. The molecule has 174 valence electrons. The molecule has 1 aliphatic heterocycles. The molecule has 0 bridgehead atoms. The van der Waals surface area contributed by atoms with Crippen molar-refractivity contribution in [1.29, 1.82) is 5.26 Å². The fourth-order valence-electron chi connectivity index (χ4n) is 3.29. The second-order valence-corrected chi connectivity index (χ2v) is 7.24. The summed E-state index contributed by atoms with van der Waals surface area (Å²) in [6, 6.07) is 3.81. The maximum absolute atomic E-state index is 14.6. The Morgan fingerprint density at radius 3 is 2.67 bits per heavy atom. The number of aliphatic imine (C=N–C) groups is 1. The zero-order valence-corrected chi connectivity index (χ0v) is 17.1. The standard InChI is InChI=1S/C20H16F5N5O3/c1-19(6-14(20(23,24)25)33-18(27)30-19)11-4-10(5-12(21)15(11)22)29-17(31)16-13(32-2)3-9(7-26)8-28-16/h3-5,8,14H,6H2,1-2H3,(H2,27,30)(H,29,31). The fraction of sp³-hybridized carbons (Fsp3) is 0.300. The first-order chi connectivity index (χ1) is 15.4. The van der Waals surface area contributed by atoms with Gasteiger partial charge in [0.1, 0.15) is 6.07 Å². The van der Waals surface area contributed by atoms with Crippen molar-refractivity contribution in [2.45, 2.75) is 31.2 Å². The summed E-state index contributed by atoms with van der Waals surface area (Å²) >= 11 is 0. The van der Waals surface area contributed by atoms with Crippen LogP contribution in [0.4, 0.5) is 27.6 Å². The molecule has 3 N–H and O–H groups in total. The molecule has 1 aromatic carbocycles. The van der Waals surface area contributed by atoms with Crippen LogP contribution in [0.2, 0.25) is 0 Å². The molecule has 0 spiro atoms. The Hall–Kier alpha value is -3.95. The van der Waals surface area contributed by atoms with Crippen molar-refractivity contribution < 1.29 is 36.2 Å². The van der Waals surface area contributed by atoms with Gasteiger partial charge in [0, 0.05) is 36.0 Å². The summed E-state index contributed by atoms with van der Waals surface area (Å²) in [7, 11) is 1.23. The number of nitrogens with two attached hydrogens (primary N) is 1. The summed E-state index contributed by atoms with van der Waals surface area (Å²) in [5.74, 6) is -3.85. The van der Waals surface area contributed by atoms with E-state index in [0.29, 0.717) is 6.07 Å². The number of hydrogen-bond donors (Lipinski definition) is 2. The minimum absolute atomic E-state index is 0.0591. The molecule has 1 amide bonds. The largest absolute Gasteiger partial charge is 0.494 e. The van der Waals surface area contributed by atoms with E-state index in [1.54, 1.807) is 0 Å². The van der Waals surface area contributed by atoms with Gasteiger partial charge < -0.3 is 20.5 Å². The third kappa shape index (κ3) is 4.79. The Labute approximate surface area is 183 Å². The predicted octanol–water partition coefficient (Wildman–Crippen LogP) is 3.37. The Morgan fingerprint density at radius 2 is 2.06 bits per heavy atom. The number of alkyl halides is 3. The number of ether oxygens (including phenoxy) is 2. The molecule has 33 heavy (non-hydrogen) atoms. The summed E-state index contributed by atoms with van der Waals surface area (Å²) in [5, 5.41) is 11.2. The Bertz CT molecular complexity index is 1180. The second-order valence-electron chi connectivity index (χ2n) is 7.24. The van der Waals surface area contributed by atoms with E-state index in [9.17, 15) is 26.7 Å². The number of carbonyl (C=O) groups excluding carboxylic acids is 1. The van der Waals surface area contributed by atoms with Crippen LogP contribution in [0.3, 0.4) is 0 Å². The molecule has 2 atom stereocenters. The van der Waals surface area contributed by atoms with Crippen molar-refractivity contribution in [2.75, 3.05) is 12.4 Å². The van der Waals surface area contributed by atoms with E-state index in [1.165, 1.54) is 13.2 Å². The summed E-state index contributed by atoms with van der Waals surface area (Å²) in [6.45, 7) is 1.13. The topological polar surface area (TPSA) is 123 Å². The van der Waals surface area contributed by atoms with Gasteiger partial charge in [0.25, 0.3) is 11.9 Å². The van der Waals surface area contributed by atoms with Crippen molar-refractivity contribution in [3.8, 4) is 11.8 Å². The van der Waals surface area contributed by atoms with Crippen molar-refractivity contribution in [2.24, 2.45) is 10.7 Å². The molecule has 2 aromatic rings. The van der Waals surface area contributed by atoms with Gasteiger partial charge in [-0.3, -0.25) is 4.79 Å². The third-order valence-corrected chi connectivity index (χ3v) is 4.85. The van der Waals surface area contributed by atoms with Gasteiger partial charge in [0.2, 0.25) is 0 Å². The van der Waals surface area contributed by atoms with Crippen LogP contribution in [-0.4, -0.2) is 36.3 Å². The fourth-order valence-corrected chi connectivity index (χ4v) is 3.29. The van der Waals surface area contributed by atoms with Gasteiger partial charge in [-0.2, -0.15) is 18.4 Å². The number of amidine groups is 1. The third-order valence-electron chi connectivity index (χ3n) is 4.85. The van der Waals surface area contributed by atoms with Gasteiger partial charge in [-0.1, -0.05) is 0 Å². The normalized spacial score (nSPS) is 20.3. The van der Waals surface area contributed by atoms with Crippen LogP contribution in [0, 0.1) is 23.0 Å². The molecule has 0 radical (unpaired) electrons. The molecule has 0 saturated carbocycles. The minimum Gasteiger partial charge on any atom is -0.494 e. The lowest BCUT2D eigenvalue weighted by Gasteiger charge is -2.36. The van der Waals surface area contributed by atoms with Crippen molar-refractivity contribution in [3.63, 3.8) is 0 Å². The number of carbonyl (C=O) groups is 1. The highest BCUT2D eigenvalue weighted by molar-refractivity contribution is 6.04. The predicted molar refractivity (Wildman–Crippen MR) is 104 cm³/mol. The molecular formula is C20H16F5N5O3. The Kier molecular flexibility index (Phi) is 6.13. The molecule has 2 heterocycles. The van der Waals surface area contributed by atoms with Gasteiger partial charge in [0.05, 0.1) is 18.2 Å². The van der Waals surface area contributed by atoms with E-state index in [-0.39, 0.29) is 22.7 Å². The average molecular weight is 469 g/mol. The van der Waals surface area contributed by atoms with Gasteiger partial charge in [-0.25, -0.2) is 18.8 Å². The monoisotopic (exact) mass is 469 g/mol. The van der Waals surface area contributed by atoms with Gasteiger partial charge in [-0.05, 0) is 13.0 Å². The first kappa shape index (κ1) is 23.7. The highest BCUT2D eigenvalue weighted by Crippen LogP contribution is 2.42. The van der Waals surface area contributed by atoms with Crippen LogP contribution < -0.4 is 15.8 Å². The van der Waals surface area contributed by atoms with Crippen LogP contribution in [0.1, 0.15) is 35.0 Å². The lowest BCUT2D eigenvalue weighted by atomic mass is 9.85. The number of amides is 1. The number of nitrogens with zero attached hydrogens (tertiary/aromatic N) is 3. The first-order valence-corrected chi connectivity index (χ1v) is 9.21. The summed E-state index contributed by atoms with van der Waals surface area (Å²) in [4.78, 5) is 20.2. The number of methoxy groups -OCH3 is 1. The van der Waals surface area contributed by atoms with Crippen LogP contribution in [0.5, 0.6) is 5.75 Å². The Balaban J connectivity index is 2.00. The highest BCUT2D eigenvalue weighted by atomic mass is 19.4. The van der Waals surface area contributed by atoms with Crippen molar-refractivity contribution in [1.82, 2.24) is 4.98 Å². The number of nitrogens with one attached hydrogen (secondary N) is 1. The lowest BCUT2D eigenvalue weighted by Crippen LogP contribution is -2.46. The zero-order valence-electron chi connectivity index (χ0n) is 17.1. The molecule has 1 aliphatic rings. The maximum Gasteiger partial charge on any atom is 0.425 e. The van der Waals surface area contributed by atoms with E-state index in [4.69, 9.17) is 15.7 Å². The van der Waals surface area contributed by atoms with Crippen LogP contribution in [0.25, 0.3) is 0 Å². The number of hydrogen-bond acceptors (Lipinski definition) is 7. The number of aromatic nitrogens is 1. The summed E-state index contributed by atoms with van der Waals surface area (Å²) < 4.78 is 78.2. The molecule has 8 nitrogen and oxygen atoms in total. The maximum atomic E-state index is 14.6. The molecule has 2 unspecified atom stereocenters. The minimum atomic E-state index is -4.83. The average Bonchev–Trinajstić information content (AvgIpc) is 2.74. The van der Waals surface area contributed by atoms with E-state index < -0.39 is 53.4 Å². The van der Waals surface area contributed by atoms with Crippen LogP contribution >= 0.6 is 0 Å². The smallest absolute Gasteiger partial charge is 0.425 e. The number of pyridine rings is 1. The molecule has 0 fully saturated rings. The molecule has 1 aromatic heterocycles. The first-order valence-electron chi connectivity index (χ1n) is 9.21. The molecule has 0 aliphatic carbocycles. The van der Waals surface area contributed by atoms with E-state index in [1.807, 2.05) is 6.07 Å². The van der Waals surface area contributed by atoms with E-state index in [2.05, 4.69) is 20.0 Å².